The fraction of sp³-hybridized carbons (Fsp3) is 0.833. The average molecular weight is 224 g/mol. The van der Waals surface area contributed by atoms with Crippen LogP contribution in [-0.4, -0.2) is 20.8 Å². The van der Waals surface area contributed by atoms with Crippen LogP contribution in [0.3, 0.4) is 0 Å². The van der Waals surface area contributed by atoms with Gasteiger partial charge in [0.05, 0.1) is 6.54 Å². The molecule has 0 radical (unpaired) electrons. The van der Waals surface area contributed by atoms with Crippen molar-refractivity contribution < 1.29 is 0 Å². The summed E-state index contributed by atoms with van der Waals surface area (Å²) in [4.78, 5) is 4.28. The molecule has 92 valence electrons. The van der Waals surface area contributed by atoms with Crippen LogP contribution in [0.5, 0.6) is 0 Å². The number of nitrogens with one attached hydrogen (secondary N) is 1. The van der Waals surface area contributed by atoms with Crippen LogP contribution in [-0.2, 0) is 6.54 Å². The summed E-state index contributed by atoms with van der Waals surface area (Å²) in [6.45, 7) is 11.7. The van der Waals surface area contributed by atoms with Gasteiger partial charge in [0.2, 0.25) is 0 Å². The molecule has 0 aliphatic heterocycles. The van der Waals surface area contributed by atoms with Crippen molar-refractivity contribution in [1.82, 2.24) is 20.1 Å². The first-order valence-corrected chi connectivity index (χ1v) is 6.12. The predicted molar refractivity (Wildman–Crippen MR) is 66.2 cm³/mol. The molecule has 0 aromatic carbocycles. The van der Waals surface area contributed by atoms with E-state index in [-0.39, 0.29) is 0 Å². The normalized spacial score (nSPS) is 13.7. The third kappa shape index (κ3) is 3.93. The minimum atomic E-state index is 0.375. The zero-order valence-electron chi connectivity index (χ0n) is 11.1. The smallest absolute Gasteiger partial charge is 0.141 e. The molecule has 1 heterocycles. The molecule has 1 rings (SSSR count). The number of rotatable bonds is 6. The van der Waals surface area contributed by atoms with Gasteiger partial charge in [0.15, 0.2) is 0 Å². The van der Waals surface area contributed by atoms with Gasteiger partial charge >= 0.3 is 0 Å². The van der Waals surface area contributed by atoms with E-state index in [1.54, 1.807) is 6.33 Å². The van der Waals surface area contributed by atoms with E-state index in [9.17, 15) is 0 Å². The molecule has 0 amide bonds. The number of hydrogen-bond donors (Lipinski definition) is 1. The monoisotopic (exact) mass is 224 g/mol. The van der Waals surface area contributed by atoms with Gasteiger partial charge in [-0.05, 0) is 33.1 Å². The van der Waals surface area contributed by atoms with E-state index in [4.69, 9.17) is 0 Å². The van der Waals surface area contributed by atoms with Gasteiger partial charge in [0.25, 0.3) is 0 Å². The van der Waals surface area contributed by atoms with E-state index in [0.717, 1.165) is 18.3 Å². The fourth-order valence-corrected chi connectivity index (χ4v) is 1.89. The van der Waals surface area contributed by atoms with E-state index in [0.29, 0.717) is 12.1 Å². The highest BCUT2D eigenvalue weighted by Crippen LogP contribution is 2.07. The molecule has 4 heteroatoms. The van der Waals surface area contributed by atoms with Gasteiger partial charge in [-0.15, -0.1) is 0 Å². The molecule has 0 saturated carbocycles. The van der Waals surface area contributed by atoms with Crippen molar-refractivity contribution in [3.05, 3.63) is 12.2 Å². The molecular weight excluding hydrogens is 200 g/mol. The van der Waals surface area contributed by atoms with Crippen molar-refractivity contribution in [3.63, 3.8) is 0 Å². The Morgan fingerprint density at radius 1 is 1.25 bits per heavy atom. The Balaban J connectivity index is 2.45. The van der Waals surface area contributed by atoms with Crippen LogP contribution in [0.4, 0.5) is 0 Å². The van der Waals surface area contributed by atoms with Crippen LogP contribution in [0.2, 0.25) is 0 Å². The van der Waals surface area contributed by atoms with Gasteiger partial charge in [0.1, 0.15) is 12.2 Å². The zero-order chi connectivity index (χ0) is 12.1. The van der Waals surface area contributed by atoms with E-state index < -0.39 is 0 Å². The molecule has 0 aliphatic rings. The van der Waals surface area contributed by atoms with Crippen molar-refractivity contribution in [2.45, 2.75) is 59.7 Å². The van der Waals surface area contributed by atoms with E-state index in [2.05, 4.69) is 50.0 Å². The van der Waals surface area contributed by atoms with Crippen LogP contribution in [0.25, 0.3) is 0 Å². The molecule has 0 spiro atoms. The van der Waals surface area contributed by atoms with Gasteiger partial charge in [-0.2, -0.15) is 5.10 Å². The lowest BCUT2D eigenvalue weighted by Crippen LogP contribution is -2.28. The lowest BCUT2D eigenvalue weighted by Gasteiger charge is -2.16. The first-order chi connectivity index (χ1) is 7.50. The summed E-state index contributed by atoms with van der Waals surface area (Å²) in [5.74, 6) is 1.75. The van der Waals surface area contributed by atoms with Gasteiger partial charge in [0, 0.05) is 12.1 Å². The molecule has 1 N–H and O–H groups in total. The van der Waals surface area contributed by atoms with E-state index in [1.807, 2.05) is 4.68 Å². The second-order valence-electron chi connectivity index (χ2n) is 5.13. The molecule has 0 fully saturated rings. The molecule has 0 aliphatic carbocycles. The second-order valence-corrected chi connectivity index (χ2v) is 5.13. The third-order valence-corrected chi connectivity index (χ3v) is 2.57. The van der Waals surface area contributed by atoms with Crippen LogP contribution in [0.1, 0.15) is 52.9 Å². The summed E-state index contributed by atoms with van der Waals surface area (Å²) in [6, 6.07) is 0.900. The highest BCUT2D eigenvalue weighted by molar-refractivity contribution is 4.86. The van der Waals surface area contributed by atoms with Crippen LogP contribution < -0.4 is 5.32 Å². The summed E-state index contributed by atoms with van der Waals surface area (Å²) in [5.41, 5.74) is 0. The predicted octanol–water partition coefficient (Wildman–Crippen LogP) is 2.38. The molecule has 1 aromatic heterocycles. The minimum Gasteiger partial charge on any atom is -0.307 e. The van der Waals surface area contributed by atoms with E-state index >= 15 is 0 Å². The Labute approximate surface area is 98.5 Å². The van der Waals surface area contributed by atoms with Crippen LogP contribution in [0, 0.1) is 5.92 Å². The summed E-state index contributed by atoms with van der Waals surface area (Å²) in [7, 11) is 0. The van der Waals surface area contributed by atoms with Gasteiger partial charge in [-0.25, -0.2) is 9.67 Å². The Bertz CT molecular complexity index is 304. The van der Waals surface area contributed by atoms with Crippen molar-refractivity contribution in [1.29, 1.82) is 0 Å². The quantitative estimate of drug-likeness (QED) is 0.806. The van der Waals surface area contributed by atoms with Gasteiger partial charge < -0.3 is 5.32 Å². The van der Waals surface area contributed by atoms with Gasteiger partial charge in [-0.1, -0.05) is 13.8 Å². The summed E-state index contributed by atoms with van der Waals surface area (Å²) in [6.07, 6.45) is 2.82. The van der Waals surface area contributed by atoms with E-state index in [1.165, 1.54) is 6.42 Å². The molecule has 4 nitrogen and oxygen atoms in total. The fourth-order valence-electron chi connectivity index (χ4n) is 1.89. The molecule has 1 unspecified atom stereocenters. The number of nitrogens with zero attached hydrogens (tertiary/aromatic N) is 3. The van der Waals surface area contributed by atoms with Crippen molar-refractivity contribution >= 4 is 0 Å². The highest BCUT2D eigenvalue weighted by atomic mass is 15.4. The average Bonchev–Trinajstić information content (AvgIpc) is 2.61. The first-order valence-electron chi connectivity index (χ1n) is 6.12. The van der Waals surface area contributed by atoms with Crippen LogP contribution in [0.15, 0.2) is 6.33 Å². The Morgan fingerprint density at radius 2 is 1.94 bits per heavy atom. The topological polar surface area (TPSA) is 42.7 Å². The molecule has 0 bridgehead atoms. The van der Waals surface area contributed by atoms with Crippen molar-refractivity contribution in [2.75, 3.05) is 0 Å². The maximum Gasteiger partial charge on any atom is 0.141 e. The zero-order valence-corrected chi connectivity index (χ0v) is 11.1. The largest absolute Gasteiger partial charge is 0.307 e. The lowest BCUT2D eigenvalue weighted by molar-refractivity contribution is 0.420. The Kier molecular flexibility index (Phi) is 4.93. The molecular formula is C12H24N4. The Morgan fingerprint density at radius 3 is 2.50 bits per heavy atom. The molecule has 1 aromatic rings. The van der Waals surface area contributed by atoms with Crippen molar-refractivity contribution in [2.24, 2.45) is 5.92 Å². The SMILES string of the molecule is CC(C)CC(C)NCc1ncnn1C(C)C. The second kappa shape index (κ2) is 5.99. The summed E-state index contributed by atoms with van der Waals surface area (Å²) < 4.78 is 1.97. The molecule has 1 atom stereocenters. The maximum absolute atomic E-state index is 4.28. The summed E-state index contributed by atoms with van der Waals surface area (Å²) >= 11 is 0. The molecule has 16 heavy (non-hydrogen) atoms. The maximum atomic E-state index is 4.28. The van der Waals surface area contributed by atoms with Crippen LogP contribution >= 0.6 is 0 Å². The third-order valence-electron chi connectivity index (χ3n) is 2.57. The highest BCUT2D eigenvalue weighted by Gasteiger charge is 2.09. The Hall–Kier alpha value is -0.900. The number of hydrogen-bond acceptors (Lipinski definition) is 3. The summed E-state index contributed by atoms with van der Waals surface area (Å²) in [5, 5.41) is 7.71. The minimum absolute atomic E-state index is 0.375. The number of aromatic nitrogens is 3. The lowest BCUT2D eigenvalue weighted by atomic mass is 10.1. The molecule has 0 saturated heterocycles. The standard InChI is InChI=1S/C12H24N4/c1-9(2)6-11(5)13-7-12-14-8-15-16(12)10(3)4/h8-11,13H,6-7H2,1-5H3. The van der Waals surface area contributed by atoms with Crippen molar-refractivity contribution in [3.8, 4) is 0 Å². The van der Waals surface area contributed by atoms with Gasteiger partial charge in [-0.3, -0.25) is 0 Å². The first kappa shape index (κ1) is 13.2.